The molecule has 2 aliphatic heterocycles. The quantitative estimate of drug-likeness (QED) is 0.259. The summed E-state index contributed by atoms with van der Waals surface area (Å²) in [7, 11) is 3.61. The van der Waals surface area contributed by atoms with E-state index in [1.54, 1.807) is 0 Å². The van der Waals surface area contributed by atoms with E-state index in [2.05, 4.69) is 0 Å². The molecule has 15 heteroatoms. The van der Waals surface area contributed by atoms with Gasteiger partial charge in [0.25, 0.3) is 0 Å². The molecule has 2 aliphatic rings. The van der Waals surface area contributed by atoms with Crippen molar-refractivity contribution in [1.29, 1.82) is 0 Å². The molecule has 9 atom stereocenters. The molecule has 0 bridgehead atoms. The van der Waals surface area contributed by atoms with Gasteiger partial charge in [0.1, 0.15) is 6.10 Å². The lowest BCUT2D eigenvalue weighted by molar-refractivity contribution is -0.353. The van der Waals surface area contributed by atoms with Crippen molar-refractivity contribution in [3.63, 3.8) is 0 Å². The molecular formula is C22H32O15. The van der Waals surface area contributed by atoms with Crippen molar-refractivity contribution in [2.75, 3.05) is 27.9 Å². The molecule has 0 aliphatic carbocycles. The summed E-state index contributed by atoms with van der Waals surface area (Å²) < 4.78 is 54.1. The van der Waals surface area contributed by atoms with Gasteiger partial charge in [0.05, 0.1) is 13.7 Å². The van der Waals surface area contributed by atoms with E-state index in [0.717, 1.165) is 34.8 Å². The molecule has 2 fully saturated rings. The summed E-state index contributed by atoms with van der Waals surface area (Å²) in [6.45, 7) is 4.27. The zero-order valence-electron chi connectivity index (χ0n) is 21.5. The lowest BCUT2D eigenvalue weighted by Gasteiger charge is -2.46. The lowest BCUT2D eigenvalue weighted by atomic mass is 9.97. The Hall–Kier alpha value is -2.85. The number of carbonyl (C=O) groups excluding carboxylic acids is 5. The second kappa shape index (κ2) is 13.6. The number of methoxy groups -OCH3 is 3. The highest BCUT2D eigenvalue weighted by Crippen LogP contribution is 2.33. The molecule has 2 saturated heterocycles. The van der Waals surface area contributed by atoms with Gasteiger partial charge in [-0.05, 0) is 0 Å². The summed E-state index contributed by atoms with van der Waals surface area (Å²) in [6, 6.07) is 0. The second-order valence-electron chi connectivity index (χ2n) is 8.06. The zero-order valence-corrected chi connectivity index (χ0v) is 21.5. The molecule has 37 heavy (non-hydrogen) atoms. The molecule has 0 radical (unpaired) electrons. The van der Waals surface area contributed by atoms with Crippen molar-refractivity contribution >= 4 is 29.8 Å². The first kappa shape index (κ1) is 30.4. The molecule has 0 aromatic heterocycles. The van der Waals surface area contributed by atoms with Crippen LogP contribution in [0.5, 0.6) is 0 Å². The van der Waals surface area contributed by atoms with Gasteiger partial charge in [-0.1, -0.05) is 0 Å². The number of hydrogen-bond donors (Lipinski definition) is 0. The van der Waals surface area contributed by atoms with Gasteiger partial charge < -0.3 is 47.4 Å². The Morgan fingerprint density at radius 2 is 1.16 bits per heavy atom. The summed E-state index contributed by atoms with van der Waals surface area (Å²) >= 11 is 0. The first-order valence-corrected chi connectivity index (χ1v) is 11.2. The molecule has 2 rings (SSSR count). The van der Waals surface area contributed by atoms with Gasteiger partial charge in [-0.15, -0.1) is 0 Å². The van der Waals surface area contributed by atoms with Crippen LogP contribution in [0.4, 0.5) is 0 Å². The Balaban J connectivity index is 2.53. The third-order valence-electron chi connectivity index (χ3n) is 5.33. The van der Waals surface area contributed by atoms with E-state index in [4.69, 9.17) is 47.4 Å². The van der Waals surface area contributed by atoms with Crippen molar-refractivity contribution in [3.8, 4) is 0 Å². The fraction of sp³-hybridized carbons (Fsp3) is 0.773. The van der Waals surface area contributed by atoms with Crippen LogP contribution in [0.25, 0.3) is 0 Å². The monoisotopic (exact) mass is 536 g/mol. The van der Waals surface area contributed by atoms with E-state index in [0.29, 0.717) is 0 Å². The number of carbonyl (C=O) groups is 5. The molecule has 0 N–H and O–H groups in total. The molecule has 9 unspecified atom stereocenters. The van der Waals surface area contributed by atoms with Gasteiger partial charge >= 0.3 is 29.8 Å². The zero-order chi connectivity index (χ0) is 27.9. The third kappa shape index (κ3) is 7.82. The minimum Gasteiger partial charge on any atom is -0.467 e. The lowest BCUT2D eigenvalue weighted by Crippen LogP contribution is -2.66. The summed E-state index contributed by atoms with van der Waals surface area (Å²) in [5.74, 6) is -3.91. The molecule has 15 nitrogen and oxygen atoms in total. The molecular weight excluding hydrogens is 504 g/mol. The van der Waals surface area contributed by atoms with Crippen molar-refractivity contribution in [2.45, 2.75) is 83.0 Å². The minimum atomic E-state index is -1.64. The first-order chi connectivity index (χ1) is 17.4. The van der Waals surface area contributed by atoms with Crippen molar-refractivity contribution < 1.29 is 71.3 Å². The number of rotatable bonds is 9. The van der Waals surface area contributed by atoms with Crippen LogP contribution >= 0.6 is 0 Å². The van der Waals surface area contributed by atoms with Crippen molar-refractivity contribution in [2.24, 2.45) is 0 Å². The third-order valence-corrected chi connectivity index (χ3v) is 5.33. The van der Waals surface area contributed by atoms with Gasteiger partial charge in [0.15, 0.2) is 49.2 Å². The smallest absolute Gasteiger partial charge is 0.338 e. The normalized spacial score (nSPS) is 33.5. The average molecular weight is 536 g/mol. The second-order valence-corrected chi connectivity index (χ2v) is 8.06. The topological polar surface area (TPSA) is 178 Å². The Morgan fingerprint density at radius 3 is 1.65 bits per heavy atom. The maximum Gasteiger partial charge on any atom is 0.338 e. The Morgan fingerprint density at radius 1 is 0.622 bits per heavy atom. The summed E-state index contributed by atoms with van der Waals surface area (Å²) in [5, 5.41) is 0. The molecule has 0 saturated carbocycles. The van der Waals surface area contributed by atoms with Gasteiger partial charge in [0, 0.05) is 41.9 Å². The first-order valence-electron chi connectivity index (χ1n) is 11.2. The van der Waals surface area contributed by atoms with E-state index < -0.39 is 85.2 Å². The summed E-state index contributed by atoms with van der Waals surface area (Å²) in [5.41, 5.74) is 0. The van der Waals surface area contributed by atoms with Crippen LogP contribution < -0.4 is 0 Å². The summed E-state index contributed by atoms with van der Waals surface area (Å²) in [6.07, 6.45) is -12.2. The molecule has 2 heterocycles. The standard InChI is InChI=1S/C22H32O15/c1-9(23)32-13-8-31-21(30-7)18(14(13)33-10(2)24)37-22-19(35-12(4)26)16(34-11(3)25)15(28-5)17(36-22)20(27)29-6/h13-19,21-22H,8H2,1-7H3. The van der Waals surface area contributed by atoms with Crippen LogP contribution in [0.3, 0.4) is 0 Å². The Bertz CT molecular complexity index is 844. The maximum absolute atomic E-state index is 12.5. The summed E-state index contributed by atoms with van der Waals surface area (Å²) in [4.78, 5) is 59.9. The van der Waals surface area contributed by atoms with E-state index in [1.165, 1.54) is 14.2 Å². The molecule has 0 aromatic carbocycles. The largest absolute Gasteiger partial charge is 0.467 e. The Labute approximate surface area is 212 Å². The van der Waals surface area contributed by atoms with E-state index in [9.17, 15) is 24.0 Å². The Kier molecular flexibility index (Phi) is 11.2. The van der Waals surface area contributed by atoms with Crippen molar-refractivity contribution in [3.05, 3.63) is 0 Å². The maximum atomic E-state index is 12.5. The van der Waals surface area contributed by atoms with Crippen LogP contribution in [0.2, 0.25) is 0 Å². The fourth-order valence-corrected chi connectivity index (χ4v) is 4.02. The minimum absolute atomic E-state index is 0.207. The van der Waals surface area contributed by atoms with Crippen LogP contribution in [0.1, 0.15) is 27.7 Å². The van der Waals surface area contributed by atoms with Gasteiger partial charge in [-0.3, -0.25) is 19.2 Å². The number of hydrogen-bond acceptors (Lipinski definition) is 15. The average Bonchev–Trinajstić information content (AvgIpc) is 2.81. The molecule has 0 spiro atoms. The highest BCUT2D eigenvalue weighted by Gasteiger charge is 2.56. The molecule has 210 valence electrons. The highest BCUT2D eigenvalue weighted by molar-refractivity contribution is 5.76. The van der Waals surface area contributed by atoms with Crippen molar-refractivity contribution in [1.82, 2.24) is 0 Å². The fourth-order valence-electron chi connectivity index (χ4n) is 4.02. The predicted octanol–water partition coefficient (Wildman–Crippen LogP) is -0.986. The van der Waals surface area contributed by atoms with Crippen LogP contribution in [0.15, 0.2) is 0 Å². The van der Waals surface area contributed by atoms with E-state index in [1.807, 2.05) is 0 Å². The number of esters is 5. The van der Waals surface area contributed by atoms with Gasteiger partial charge in [0.2, 0.25) is 0 Å². The van der Waals surface area contributed by atoms with Crippen LogP contribution in [0, 0.1) is 0 Å². The van der Waals surface area contributed by atoms with Gasteiger partial charge in [-0.2, -0.15) is 0 Å². The van der Waals surface area contributed by atoms with E-state index >= 15 is 0 Å². The van der Waals surface area contributed by atoms with E-state index in [-0.39, 0.29) is 6.61 Å². The highest BCUT2D eigenvalue weighted by atomic mass is 16.8. The van der Waals surface area contributed by atoms with Crippen LogP contribution in [-0.4, -0.2) is 113 Å². The van der Waals surface area contributed by atoms with Gasteiger partial charge in [-0.25, -0.2) is 4.79 Å². The molecule has 0 aromatic rings. The SMILES string of the molecule is COC(=O)C1OC(OC2C(OC)OCC(OC(C)=O)C2OC(C)=O)C(OC(C)=O)C(OC(C)=O)C1OC. The van der Waals surface area contributed by atoms with Crippen LogP contribution in [-0.2, 0) is 71.3 Å². The molecule has 0 amide bonds. The number of ether oxygens (including phenoxy) is 10. The predicted molar refractivity (Wildman–Crippen MR) is 115 cm³/mol.